The van der Waals surface area contributed by atoms with Crippen LogP contribution in [0.4, 0.5) is 0 Å². The monoisotopic (exact) mass is 382 g/mol. The summed E-state index contributed by atoms with van der Waals surface area (Å²) in [6, 6.07) is 7.84. The summed E-state index contributed by atoms with van der Waals surface area (Å²) in [6.07, 6.45) is 7.78. The SMILES string of the molecule is Cc1nc(COc2cccc(/C=C/c3nc(C4(N)CCCC4)no3)c2)cs1. The topological polar surface area (TPSA) is 87.1 Å². The number of nitrogens with zero attached hydrogens (tertiary/aromatic N) is 3. The predicted octanol–water partition coefficient (Wildman–Crippen LogP) is 4.31. The van der Waals surface area contributed by atoms with E-state index in [4.69, 9.17) is 15.0 Å². The first-order chi connectivity index (χ1) is 13.1. The lowest BCUT2D eigenvalue weighted by Crippen LogP contribution is -2.34. The van der Waals surface area contributed by atoms with Crippen LogP contribution < -0.4 is 10.5 Å². The Morgan fingerprint density at radius 1 is 1.26 bits per heavy atom. The first-order valence-electron chi connectivity index (χ1n) is 9.06. The van der Waals surface area contributed by atoms with Gasteiger partial charge in [0.15, 0.2) is 5.82 Å². The standard InChI is InChI=1S/C20H22N4O2S/c1-14-22-16(13-27-14)12-25-17-6-4-5-15(11-17)7-8-18-23-19(24-26-18)20(21)9-2-3-10-20/h4-8,11,13H,2-3,9-10,12,21H2,1H3/b8-7+. The van der Waals surface area contributed by atoms with Gasteiger partial charge in [-0.15, -0.1) is 11.3 Å². The van der Waals surface area contributed by atoms with Gasteiger partial charge in [0.05, 0.1) is 16.2 Å². The molecule has 1 saturated carbocycles. The van der Waals surface area contributed by atoms with Crippen molar-refractivity contribution in [1.29, 1.82) is 0 Å². The van der Waals surface area contributed by atoms with E-state index in [-0.39, 0.29) is 0 Å². The molecular weight excluding hydrogens is 360 g/mol. The number of hydrogen-bond acceptors (Lipinski definition) is 7. The molecule has 140 valence electrons. The molecule has 3 aromatic rings. The van der Waals surface area contributed by atoms with Crippen molar-refractivity contribution >= 4 is 23.5 Å². The van der Waals surface area contributed by atoms with Crippen LogP contribution >= 0.6 is 11.3 Å². The van der Waals surface area contributed by atoms with E-state index in [0.717, 1.165) is 47.7 Å². The zero-order chi connectivity index (χ0) is 18.7. The van der Waals surface area contributed by atoms with Crippen molar-refractivity contribution in [3.8, 4) is 5.75 Å². The fourth-order valence-electron chi connectivity index (χ4n) is 3.24. The van der Waals surface area contributed by atoms with Crippen molar-refractivity contribution in [2.45, 2.75) is 44.8 Å². The Labute approximate surface area is 162 Å². The molecule has 0 amide bonds. The lowest BCUT2D eigenvalue weighted by molar-refractivity contribution is 0.302. The Kier molecular flexibility index (Phi) is 5.05. The molecule has 27 heavy (non-hydrogen) atoms. The van der Waals surface area contributed by atoms with Crippen LogP contribution in [0, 0.1) is 6.92 Å². The second-order valence-corrected chi connectivity index (χ2v) is 7.93. The van der Waals surface area contributed by atoms with Crippen molar-refractivity contribution in [2.24, 2.45) is 5.73 Å². The van der Waals surface area contributed by atoms with Crippen molar-refractivity contribution in [1.82, 2.24) is 15.1 Å². The summed E-state index contributed by atoms with van der Waals surface area (Å²) >= 11 is 1.62. The molecule has 2 aromatic heterocycles. The maximum absolute atomic E-state index is 6.37. The van der Waals surface area contributed by atoms with Gasteiger partial charge in [-0.05, 0) is 43.5 Å². The molecule has 0 spiro atoms. The van der Waals surface area contributed by atoms with E-state index in [9.17, 15) is 0 Å². The molecule has 1 aliphatic rings. The van der Waals surface area contributed by atoms with Gasteiger partial charge in [-0.1, -0.05) is 30.1 Å². The molecule has 6 nitrogen and oxygen atoms in total. The van der Waals surface area contributed by atoms with Gasteiger partial charge in [0.1, 0.15) is 12.4 Å². The summed E-state index contributed by atoms with van der Waals surface area (Å²) in [6.45, 7) is 2.45. The molecule has 1 fully saturated rings. The minimum absolute atomic E-state index is 0.433. The van der Waals surface area contributed by atoms with E-state index in [1.54, 1.807) is 17.4 Å². The molecule has 0 bridgehead atoms. The molecule has 0 aliphatic heterocycles. The second-order valence-electron chi connectivity index (χ2n) is 6.87. The summed E-state index contributed by atoms with van der Waals surface area (Å²) in [5.74, 6) is 1.86. The molecule has 1 aromatic carbocycles. The average Bonchev–Trinajstić information content (AvgIpc) is 3.40. The van der Waals surface area contributed by atoms with Gasteiger partial charge >= 0.3 is 0 Å². The number of rotatable bonds is 6. The molecule has 0 atom stereocenters. The van der Waals surface area contributed by atoms with Gasteiger partial charge in [0.2, 0.25) is 0 Å². The first kappa shape index (κ1) is 17.9. The highest BCUT2D eigenvalue weighted by Gasteiger charge is 2.35. The molecule has 7 heteroatoms. The quantitative estimate of drug-likeness (QED) is 0.683. The third-order valence-corrected chi connectivity index (χ3v) is 5.53. The Morgan fingerprint density at radius 2 is 2.11 bits per heavy atom. The number of benzene rings is 1. The predicted molar refractivity (Wildman–Crippen MR) is 105 cm³/mol. The average molecular weight is 382 g/mol. The fourth-order valence-corrected chi connectivity index (χ4v) is 3.84. The largest absolute Gasteiger partial charge is 0.487 e. The zero-order valence-electron chi connectivity index (χ0n) is 15.2. The second kappa shape index (κ2) is 7.62. The van der Waals surface area contributed by atoms with E-state index >= 15 is 0 Å². The number of thiazole rings is 1. The maximum Gasteiger partial charge on any atom is 0.250 e. The van der Waals surface area contributed by atoms with Crippen LogP contribution in [0.1, 0.15) is 53.7 Å². The summed E-state index contributed by atoms with van der Waals surface area (Å²) < 4.78 is 11.2. The molecule has 0 saturated heterocycles. The molecule has 4 rings (SSSR count). The Balaban J connectivity index is 1.41. The molecule has 0 radical (unpaired) electrons. The minimum Gasteiger partial charge on any atom is -0.487 e. The molecule has 1 aliphatic carbocycles. The van der Waals surface area contributed by atoms with Gasteiger partial charge in [-0.25, -0.2) is 4.98 Å². The lowest BCUT2D eigenvalue weighted by Gasteiger charge is -2.17. The molecule has 2 heterocycles. The summed E-state index contributed by atoms with van der Waals surface area (Å²) in [5, 5.41) is 7.13. The third-order valence-electron chi connectivity index (χ3n) is 4.71. The van der Waals surface area contributed by atoms with Crippen molar-refractivity contribution < 1.29 is 9.26 Å². The van der Waals surface area contributed by atoms with Crippen LogP contribution in [-0.4, -0.2) is 15.1 Å². The number of aromatic nitrogens is 3. The zero-order valence-corrected chi connectivity index (χ0v) is 16.0. The normalized spacial score (nSPS) is 16.2. The highest BCUT2D eigenvalue weighted by molar-refractivity contribution is 7.09. The van der Waals surface area contributed by atoms with Crippen molar-refractivity contribution in [2.75, 3.05) is 0 Å². The number of aryl methyl sites for hydroxylation is 1. The summed E-state index contributed by atoms with van der Waals surface area (Å²) in [4.78, 5) is 8.86. The van der Waals surface area contributed by atoms with Crippen molar-refractivity contribution in [3.63, 3.8) is 0 Å². The van der Waals surface area contributed by atoms with Gasteiger partial charge in [0, 0.05) is 11.5 Å². The van der Waals surface area contributed by atoms with Gasteiger partial charge < -0.3 is 15.0 Å². The van der Waals surface area contributed by atoms with Crippen LogP contribution in [0.3, 0.4) is 0 Å². The van der Waals surface area contributed by atoms with E-state index in [1.807, 2.05) is 42.6 Å². The Bertz CT molecular complexity index is 941. The number of ether oxygens (including phenoxy) is 1. The molecular formula is C20H22N4O2S. The van der Waals surface area contributed by atoms with Gasteiger partial charge in [0.25, 0.3) is 5.89 Å². The summed E-state index contributed by atoms with van der Waals surface area (Å²) in [5.41, 5.74) is 7.88. The molecule has 0 unspecified atom stereocenters. The molecule has 2 N–H and O–H groups in total. The van der Waals surface area contributed by atoms with Crippen LogP contribution in [-0.2, 0) is 12.1 Å². The van der Waals surface area contributed by atoms with E-state index in [1.165, 1.54) is 0 Å². The fraction of sp³-hybridized carbons (Fsp3) is 0.350. The Morgan fingerprint density at radius 3 is 2.89 bits per heavy atom. The third kappa shape index (κ3) is 4.26. The van der Waals surface area contributed by atoms with Crippen LogP contribution in [0.5, 0.6) is 5.75 Å². The van der Waals surface area contributed by atoms with E-state index in [2.05, 4.69) is 15.1 Å². The highest BCUT2D eigenvalue weighted by atomic mass is 32.1. The van der Waals surface area contributed by atoms with Crippen LogP contribution in [0.15, 0.2) is 34.2 Å². The highest BCUT2D eigenvalue weighted by Crippen LogP contribution is 2.34. The van der Waals surface area contributed by atoms with Crippen molar-refractivity contribution in [3.05, 3.63) is 57.6 Å². The van der Waals surface area contributed by atoms with E-state index < -0.39 is 5.54 Å². The van der Waals surface area contributed by atoms with Crippen LogP contribution in [0.25, 0.3) is 12.2 Å². The lowest BCUT2D eigenvalue weighted by atomic mass is 9.99. The van der Waals surface area contributed by atoms with E-state index in [0.29, 0.717) is 18.3 Å². The van der Waals surface area contributed by atoms with Gasteiger partial charge in [-0.2, -0.15) is 4.98 Å². The number of hydrogen-bond donors (Lipinski definition) is 1. The van der Waals surface area contributed by atoms with Gasteiger partial charge in [-0.3, -0.25) is 0 Å². The maximum atomic E-state index is 6.37. The Hall–Kier alpha value is -2.51. The minimum atomic E-state index is -0.433. The first-order valence-corrected chi connectivity index (χ1v) is 9.94. The van der Waals surface area contributed by atoms with Crippen LogP contribution in [0.2, 0.25) is 0 Å². The smallest absolute Gasteiger partial charge is 0.250 e. The number of nitrogens with two attached hydrogens (primary N) is 1. The summed E-state index contributed by atoms with van der Waals surface area (Å²) in [7, 11) is 0.